The molecule has 4 heterocycles. The summed E-state index contributed by atoms with van der Waals surface area (Å²) in [6, 6.07) is 4.15. The van der Waals surface area contributed by atoms with Gasteiger partial charge in [-0.1, -0.05) is 6.07 Å². The lowest BCUT2D eigenvalue weighted by Gasteiger charge is -2.28. The molecule has 0 saturated carbocycles. The number of pyridine rings is 1. The van der Waals surface area contributed by atoms with Gasteiger partial charge in [0.15, 0.2) is 0 Å². The minimum atomic E-state index is 0.689. The van der Waals surface area contributed by atoms with Gasteiger partial charge in [-0.2, -0.15) is 0 Å². The Morgan fingerprint density at radius 3 is 3.04 bits per heavy atom. The van der Waals surface area contributed by atoms with Gasteiger partial charge < -0.3 is 9.14 Å². The van der Waals surface area contributed by atoms with Crippen molar-refractivity contribution < 1.29 is 4.74 Å². The lowest BCUT2D eigenvalue weighted by atomic mass is 10.1. The van der Waals surface area contributed by atoms with E-state index >= 15 is 0 Å². The van der Waals surface area contributed by atoms with Crippen LogP contribution >= 0.6 is 0 Å². The number of rotatable bonds is 3. The zero-order valence-electron chi connectivity index (χ0n) is 13.4. The van der Waals surface area contributed by atoms with Crippen molar-refractivity contribution in [3.05, 3.63) is 53.4 Å². The summed E-state index contributed by atoms with van der Waals surface area (Å²) < 4.78 is 7.56. The first-order chi connectivity index (χ1) is 11.3. The summed E-state index contributed by atoms with van der Waals surface area (Å²) in [6.45, 7) is 4.72. The van der Waals surface area contributed by atoms with Crippen molar-refractivity contribution in [2.75, 3.05) is 13.7 Å². The third-order valence-corrected chi connectivity index (χ3v) is 4.43. The molecule has 0 aromatic carbocycles. The molecular weight excluding hydrogens is 290 g/mol. The Kier molecular flexibility index (Phi) is 3.46. The van der Waals surface area contributed by atoms with Crippen LogP contribution in [0, 0.1) is 6.92 Å². The number of hydrogen-bond acceptors (Lipinski definition) is 5. The van der Waals surface area contributed by atoms with E-state index in [0.29, 0.717) is 5.88 Å². The standard InChI is InChI=1S/C17H19N5O/c1-12-4-3-6-22-13(8-18-16(12)22)9-21-7-5-15-14(10-21)17(23-2)20-11-19-15/h3-4,6,8,11H,5,7,9-10H2,1-2H3. The Morgan fingerprint density at radius 2 is 2.17 bits per heavy atom. The average molecular weight is 309 g/mol. The van der Waals surface area contributed by atoms with Crippen LogP contribution in [0.2, 0.25) is 0 Å². The number of hydrogen-bond donors (Lipinski definition) is 0. The van der Waals surface area contributed by atoms with Crippen LogP contribution < -0.4 is 4.74 Å². The van der Waals surface area contributed by atoms with Crippen molar-refractivity contribution in [2.24, 2.45) is 0 Å². The molecule has 118 valence electrons. The van der Waals surface area contributed by atoms with Gasteiger partial charge in [0.1, 0.15) is 12.0 Å². The van der Waals surface area contributed by atoms with Gasteiger partial charge in [-0.25, -0.2) is 15.0 Å². The molecule has 0 amide bonds. The van der Waals surface area contributed by atoms with E-state index in [1.54, 1.807) is 13.4 Å². The molecule has 0 N–H and O–H groups in total. The highest BCUT2D eigenvalue weighted by Gasteiger charge is 2.22. The zero-order valence-corrected chi connectivity index (χ0v) is 13.4. The topological polar surface area (TPSA) is 55.6 Å². The van der Waals surface area contributed by atoms with Gasteiger partial charge in [0.05, 0.1) is 24.7 Å². The van der Waals surface area contributed by atoms with Gasteiger partial charge in [-0.05, 0) is 18.6 Å². The number of nitrogens with zero attached hydrogens (tertiary/aromatic N) is 5. The fraction of sp³-hybridized carbons (Fsp3) is 0.353. The van der Waals surface area contributed by atoms with Gasteiger partial charge in [-0.3, -0.25) is 4.90 Å². The second-order valence-electron chi connectivity index (χ2n) is 5.90. The fourth-order valence-corrected chi connectivity index (χ4v) is 3.23. The highest BCUT2D eigenvalue weighted by molar-refractivity contribution is 5.48. The average Bonchev–Trinajstić information content (AvgIpc) is 2.99. The van der Waals surface area contributed by atoms with Crippen LogP contribution in [-0.2, 0) is 19.5 Å². The van der Waals surface area contributed by atoms with Crippen molar-refractivity contribution in [2.45, 2.75) is 26.4 Å². The van der Waals surface area contributed by atoms with Crippen LogP contribution in [0.4, 0.5) is 0 Å². The van der Waals surface area contributed by atoms with E-state index in [-0.39, 0.29) is 0 Å². The monoisotopic (exact) mass is 309 g/mol. The maximum absolute atomic E-state index is 5.39. The third-order valence-electron chi connectivity index (χ3n) is 4.43. The molecule has 0 spiro atoms. The highest BCUT2D eigenvalue weighted by Crippen LogP contribution is 2.25. The largest absolute Gasteiger partial charge is 0.481 e. The first-order valence-corrected chi connectivity index (χ1v) is 7.77. The number of fused-ring (bicyclic) bond motifs is 2. The van der Waals surface area contributed by atoms with Gasteiger partial charge in [0.2, 0.25) is 5.88 Å². The van der Waals surface area contributed by atoms with E-state index in [0.717, 1.165) is 43.0 Å². The van der Waals surface area contributed by atoms with E-state index in [9.17, 15) is 0 Å². The van der Waals surface area contributed by atoms with Gasteiger partial charge in [-0.15, -0.1) is 0 Å². The maximum atomic E-state index is 5.39. The smallest absolute Gasteiger partial charge is 0.220 e. The predicted octanol–water partition coefficient (Wildman–Crippen LogP) is 2.00. The number of imidazole rings is 1. The minimum Gasteiger partial charge on any atom is -0.481 e. The van der Waals surface area contributed by atoms with E-state index in [1.165, 1.54) is 11.3 Å². The Bertz CT molecular complexity index is 843. The molecule has 0 aliphatic carbocycles. The number of ether oxygens (including phenoxy) is 1. The summed E-state index contributed by atoms with van der Waals surface area (Å²) in [6.07, 6.45) is 6.55. The Balaban J connectivity index is 1.61. The first kappa shape index (κ1) is 14.1. The van der Waals surface area contributed by atoms with Crippen molar-refractivity contribution in [1.82, 2.24) is 24.3 Å². The van der Waals surface area contributed by atoms with Crippen LogP contribution in [0.1, 0.15) is 22.5 Å². The molecule has 0 radical (unpaired) electrons. The van der Waals surface area contributed by atoms with Crippen molar-refractivity contribution in [1.29, 1.82) is 0 Å². The van der Waals surface area contributed by atoms with Crippen LogP contribution in [0.15, 0.2) is 30.9 Å². The number of aryl methyl sites for hydroxylation is 1. The SMILES string of the molecule is COc1ncnc2c1CN(Cc1cnc3c(C)cccn13)CC2. The van der Waals surface area contributed by atoms with E-state index in [1.807, 2.05) is 6.20 Å². The molecule has 1 aliphatic heterocycles. The van der Waals surface area contributed by atoms with Gasteiger partial charge in [0, 0.05) is 37.8 Å². The summed E-state index contributed by atoms with van der Waals surface area (Å²) in [5.41, 5.74) is 5.62. The summed E-state index contributed by atoms with van der Waals surface area (Å²) in [7, 11) is 1.66. The molecule has 6 nitrogen and oxygen atoms in total. The number of aromatic nitrogens is 4. The molecule has 3 aromatic heterocycles. The van der Waals surface area contributed by atoms with Crippen LogP contribution in [0.5, 0.6) is 5.88 Å². The van der Waals surface area contributed by atoms with E-state index in [4.69, 9.17) is 4.74 Å². The molecule has 1 aliphatic rings. The van der Waals surface area contributed by atoms with Crippen molar-refractivity contribution in [3.8, 4) is 5.88 Å². The summed E-state index contributed by atoms with van der Waals surface area (Å²) >= 11 is 0. The second kappa shape index (κ2) is 5.62. The Morgan fingerprint density at radius 1 is 1.26 bits per heavy atom. The summed E-state index contributed by atoms with van der Waals surface area (Å²) in [4.78, 5) is 15.5. The predicted molar refractivity (Wildman–Crippen MR) is 86.3 cm³/mol. The lowest BCUT2D eigenvalue weighted by molar-refractivity contribution is 0.233. The summed E-state index contributed by atoms with van der Waals surface area (Å²) in [5.74, 6) is 0.689. The molecule has 0 bridgehead atoms. The maximum Gasteiger partial charge on any atom is 0.220 e. The van der Waals surface area contributed by atoms with Gasteiger partial charge >= 0.3 is 0 Å². The van der Waals surface area contributed by atoms with Crippen LogP contribution in [0.25, 0.3) is 5.65 Å². The van der Waals surface area contributed by atoms with Crippen LogP contribution in [-0.4, -0.2) is 37.9 Å². The normalized spacial score (nSPS) is 14.9. The van der Waals surface area contributed by atoms with Crippen LogP contribution in [0.3, 0.4) is 0 Å². The Labute approximate surface area is 134 Å². The lowest BCUT2D eigenvalue weighted by Crippen LogP contribution is -2.31. The highest BCUT2D eigenvalue weighted by atomic mass is 16.5. The van der Waals surface area contributed by atoms with Crippen molar-refractivity contribution in [3.63, 3.8) is 0 Å². The van der Waals surface area contributed by atoms with E-state index in [2.05, 4.69) is 49.5 Å². The number of methoxy groups -OCH3 is 1. The molecule has 0 fully saturated rings. The first-order valence-electron chi connectivity index (χ1n) is 7.77. The molecule has 0 unspecified atom stereocenters. The molecule has 3 aromatic rings. The van der Waals surface area contributed by atoms with E-state index < -0.39 is 0 Å². The minimum absolute atomic E-state index is 0.689. The third kappa shape index (κ3) is 2.45. The summed E-state index contributed by atoms with van der Waals surface area (Å²) in [5, 5.41) is 0. The molecule has 4 rings (SSSR count). The fourth-order valence-electron chi connectivity index (χ4n) is 3.23. The quantitative estimate of drug-likeness (QED) is 0.740. The zero-order chi connectivity index (χ0) is 15.8. The molecular formula is C17H19N5O. The molecule has 0 atom stereocenters. The Hall–Kier alpha value is -2.47. The van der Waals surface area contributed by atoms with Gasteiger partial charge in [0.25, 0.3) is 0 Å². The molecule has 0 saturated heterocycles. The second-order valence-corrected chi connectivity index (χ2v) is 5.90. The molecule has 23 heavy (non-hydrogen) atoms. The molecule has 6 heteroatoms. The van der Waals surface area contributed by atoms with Crippen molar-refractivity contribution >= 4 is 5.65 Å².